The van der Waals surface area contributed by atoms with Gasteiger partial charge in [0.15, 0.2) is 0 Å². The van der Waals surface area contributed by atoms with Gasteiger partial charge in [0, 0.05) is 30.0 Å². The number of carbonyl (C=O) groups is 1. The fraction of sp³-hybridized carbons (Fsp3) is 0.120. The van der Waals surface area contributed by atoms with Crippen LogP contribution in [-0.2, 0) is 4.74 Å². The molecule has 0 saturated heterocycles. The van der Waals surface area contributed by atoms with Gasteiger partial charge in [0.2, 0.25) is 0 Å². The fourth-order valence-electron chi connectivity index (χ4n) is 4.23. The molecule has 0 saturated carbocycles. The lowest BCUT2D eigenvalue weighted by atomic mass is 9.98. The molecule has 3 aromatic carbocycles. The molecular weight excluding hydrogens is 420 g/mol. The van der Waals surface area contributed by atoms with E-state index in [0.717, 1.165) is 16.5 Å². The van der Waals surface area contributed by atoms with Gasteiger partial charge in [0.25, 0.3) is 5.69 Å². The highest BCUT2D eigenvalue weighted by Crippen LogP contribution is 2.44. The van der Waals surface area contributed by atoms with Crippen LogP contribution in [0.3, 0.4) is 0 Å². The molecule has 0 aliphatic heterocycles. The van der Waals surface area contributed by atoms with Gasteiger partial charge in [-0.3, -0.25) is 15.2 Å². The molecule has 33 heavy (non-hydrogen) atoms. The maximum atomic E-state index is 12.2. The lowest BCUT2D eigenvalue weighted by Crippen LogP contribution is -2.26. The Bertz CT molecular complexity index is 1350. The zero-order valence-electron chi connectivity index (χ0n) is 17.5. The summed E-state index contributed by atoms with van der Waals surface area (Å²) in [7, 11) is 0. The highest BCUT2D eigenvalue weighted by Gasteiger charge is 2.28. The zero-order chi connectivity index (χ0) is 22.8. The predicted molar refractivity (Wildman–Crippen MR) is 125 cm³/mol. The van der Waals surface area contributed by atoms with Gasteiger partial charge in [0.05, 0.1) is 16.1 Å². The van der Waals surface area contributed by atoms with Gasteiger partial charge in [-0.05, 0) is 34.4 Å². The van der Waals surface area contributed by atoms with Crippen molar-refractivity contribution in [2.45, 2.75) is 5.92 Å². The maximum absolute atomic E-state index is 12.2. The third kappa shape index (κ3) is 3.94. The number of benzene rings is 3. The summed E-state index contributed by atoms with van der Waals surface area (Å²) in [5.41, 5.74) is 5.90. The van der Waals surface area contributed by atoms with Crippen LogP contribution in [0.2, 0.25) is 0 Å². The maximum Gasteiger partial charge on any atom is 0.407 e. The number of H-pyrrole nitrogens is 1. The first kappa shape index (κ1) is 20.4. The third-order valence-corrected chi connectivity index (χ3v) is 5.77. The molecule has 0 spiro atoms. The zero-order valence-corrected chi connectivity index (χ0v) is 17.5. The van der Waals surface area contributed by atoms with E-state index in [4.69, 9.17) is 4.74 Å². The average molecular weight is 440 g/mol. The Kier molecular flexibility index (Phi) is 5.32. The van der Waals surface area contributed by atoms with E-state index < -0.39 is 11.0 Å². The minimum atomic E-state index is -0.496. The number of fused-ring (bicyclic) bond motifs is 4. The number of nitro groups is 1. The van der Waals surface area contributed by atoms with E-state index in [9.17, 15) is 14.9 Å². The highest BCUT2D eigenvalue weighted by molar-refractivity contribution is 5.88. The second kappa shape index (κ2) is 8.58. The van der Waals surface area contributed by atoms with Crippen LogP contribution < -0.4 is 5.32 Å². The molecule has 8 nitrogen and oxygen atoms in total. The van der Waals surface area contributed by atoms with E-state index in [1.165, 1.54) is 23.3 Å². The van der Waals surface area contributed by atoms with Gasteiger partial charge < -0.3 is 10.1 Å². The molecular formula is C25H20N4O4. The Morgan fingerprint density at radius 2 is 1.79 bits per heavy atom. The van der Waals surface area contributed by atoms with Crippen molar-refractivity contribution in [1.29, 1.82) is 0 Å². The summed E-state index contributed by atoms with van der Waals surface area (Å²) in [4.78, 5) is 22.7. The van der Waals surface area contributed by atoms with Crippen LogP contribution in [0.15, 0.2) is 72.8 Å². The molecule has 164 valence electrons. The molecule has 0 radical (unpaired) electrons. The molecule has 5 rings (SSSR count). The summed E-state index contributed by atoms with van der Waals surface area (Å²) in [6, 6.07) is 20.9. The van der Waals surface area contributed by atoms with E-state index >= 15 is 0 Å². The number of nitrogens with one attached hydrogen (secondary N) is 2. The van der Waals surface area contributed by atoms with Crippen LogP contribution >= 0.6 is 0 Å². The smallest absolute Gasteiger partial charge is 0.407 e. The molecule has 2 N–H and O–H groups in total. The number of non-ortho nitro benzene ring substituents is 1. The molecule has 1 amide bonds. The number of carbonyl (C=O) groups excluding carboxylic acids is 1. The Balaban J connectivity index is 1.18. The molecule has 0 atom stereocenters. The minimum absolute atomic E-state index is 0.00130. The first-order valence-electron chi connectivity index (χ1n) is 10.5. The highest BCUT2D eigenvalue weighted by atomic mass is 16.6. The van der Waals surface area contributed by atoms with Crippen molar-refractivity contribution in [3.05, 3.63) is 99.7 Å². The van der Waals surface area contributed by atoms with Crippen LogP contribution in [-0.4, -0.2) is 34.4 Å². The molecule has 1 heterocycles. The number of nitrogens with zero attached hydrogens (tertiary/aromatic N) is 2. The van der Waals surface area contributed by atoms with Crippen LogP contribution in [0.25, 0.3) is 28.1 Å². The van der Waals surface area contributed by atoms with Crippen molar-refractivity contribution < 1.29 is 14.5 Å². The molecule has 1 aliphatic rings. The predicted octanol–water partition coefficient (Wildman–Crippen LogP) is 5.02. The molecule has 0 bridgehead atoms. The van der Waals surface area contributed by atoms with Crippen molar-refractivity contribution in [3.8, 4) is 11.1 Å². The summed E-state index contributed by atoms with van der Waals surface area (Å²) in [5, 5.41) is 21.3. The number of rotatable bonds is 6. The number of hydrogen-bond donors (Lipinski definition) is 2. The van der Waals surface area contributed by atoms with Crippen molar-refractivity contribution in [3.63, 3.8) is 0 Å². The second-order valence-corrected chi connectivity index (χ2v) is 7.70. The van der Waals surface area contributed by atoms with E-state index in [1.54, 1.807) is 18.2 Å². The first-order valence-corrected chi connectivity index (χ1v) is 10.5. The van der Waals surface area contributed by atoms with E-state index in [1.807, 2.05) is 24.3 Å². The Morgan fingerprint density at radius 3 is 2.48 bits per heavy atom. The van der Waals surface area contributed by atoms with Crippen LogP contribution in [0, 0.1) is 10.1 Å². The fourth-order valence-corrected chi connectivity index (χ4v) is 4.23. The van der Waals surface area contributed by atoms with Gasteiger partial charge in [0.1, 0.15) is 6.61 Å². The molecule has 4 aromatic rings. The summed E-state index contributed by atoms with van der Waals surface area (Å²) in [6.07, 6.45) is 3.00. The summed E-state index contributed by atoms with van der Waals surface area (Å²) in [5.74, 6) is 0.0122. The standard InChI is InChI=1S/C25H20N4O4/c30-25(26-13-5-10-23-21-12-11-16(29(31)32)14-24(21)28-27-23)33-15-22-19-8-3-1-6-17(19)18-7-2-4-9-20(18)22/h1-12,14,22H,13,15H2,(H,26,30)(H,27,28). The number of amides is 1. The number of aromatic nitrogens is 2. The molecule has 1 aromatic heterocycles. The summed E-state index contributed by atoms with van der Waals surface area (Å²) in [6.45, 7) is 0.518. The van der Waals surface area contributed by atoms with Gasteiger partial charge in [-0.1, -0.05) is 54.6 Å². The van der Waals surface area contributed by atoms with Crippen LogP contribution in [0.5, 0.6) is 0 Å². The summed E-state index contributed by atoms with van der Waals surface area (Å²) < 4.78 is 5.51. The second-order valence-electron chi connectivity index (χ2n) is 7.70. The van der Waals surface area contributed by atoms with Crippen molar-refractivity contribution in [1.82, 2.24) is 15.5 Å². The largest absolute Gasteiger partial charge is 0.449 e. The first-order chi connectivity index (χ1) is 16.1. The number of nitro benzene ring substituents is 1. The minimum Gasteiger partial charge on any atom is -0.449 e. The van der Waals surface area contributed by atoms with Crippen molar-refractivity contribution >= 4 is 28.8 Å². The van der Waals surface area contributed by atoms with E-state index in [-0.39, 0.29) is 24.8 Å². The van der Waals surface area contributed by atoms with Crippen molar-refractivity contribution in [2.75, 3.05) is 13.2 Å². The monoisotopic (exact) mass is 440 g/mol. The molecule has 1 aliphatic carbocycles. The summed E-state index contributed by atoms with van der Waals surface area (Å²) >= 11 is 0. The molecule has 0 unspecified atom stereocenters. The van der Waals surface area contributed by atoms with Crippen molar-refractivity contribution in [2.24, 2.45) is 0 Å². The number of hydrogen-bond acceptors (Lipinski definition) is 5. The van der Waals surface area contributed by atoms with Gasteiger partial charge in [-0.25, -0.2) is 4.79 Å². The lowest BCUT2D eigenvalue weighted by molar-refractivity contribution is -0.384. The third-order valence-electron chi connectivity index (χ3n) is 5.77. The Labute approximate surface area is 189 Å². The number of ether oxygens (including phenoxy) is 1. The van der Waals surface area contributed by atoms with Gasteiger partial charge in [-0.15, -0.1) is 0 Å². The SMILES string of the molecule is O=C(NCC=Cc1n[nH]c2cc([N+](=O)[O-])ccc12)OCC1c2ccccc2-c2ccccc21. The van der Waals surface area contributed by atoms with Crippen LogP contribution in [0.1, 0.15) is 22.7 Å². The van der Waals surface area contributed by atoms with Gasteiger partial charge >= 0.3 is 6.09 Å². The molecule has 0 fully saturated rings. The van der Waals surface area contributed by atoms with Gasteiger partial charge in [-0.2, -0.15) is 5.10 Å². The molecule has 8 heteroatoms. The quantitative estimate of drug-likeness (QED) is 0.323. The average Bonchev–Trinajstić information content (AvgIpc) is 3.39. The van der Waals surface area contributed by atoms with E-state index in [0.29, 0.717) is 11.2 Å². The van der Waals surface area contributed by atoms with Crippen LogP contribution in [0.4, 0.5) is 10.5 Å². The lowest BCUT2D eigenvalue weighted by Gasteiger charge is -2.14. The Hall–Kier alpha value is -4.46. The number of aromatic amines is 1. The van der Waals surface area contributed by atoms with E-state index in [2.05, 4.69) is 39.8 Å². The normalized spacial score (nSPS) is 12.6. The Morgan fingerprint density at radius 1 is 1.09 bits per heavy atom. The topological polar surface area (TPSA) is 110 Å². The number of alkyl carbamates (subject to hydrolysis) is 1.